The summed E-state index contributed by atoms with van der Waals surface area (Å²) < 4.78 is 0. The molecule has 0 bridgehead atoms. The predicted molar refractivity (Wildman–Crippen MR) is 64.8 cm³/mol. The van der Waals surface area contributed by atoms with Crippen LogP contribution in [-0.2, 0) is 0 Å². The van der Waals surface area contributed by atoms with Crippen molar-refractivity contribution in [1.82, 2.24) is 15.6 Å². The second-order valence-corrected chi connectivity index (χ2v) is 5.53. The third-order valence-corrected chi connectivity index (χ3v) is 3.90. The number of hydrogen-bond acceptors (Lipinski definition) is 4. The minimum Gasteiger partial charge on any atom is -0.347 e. The molecule has 0 saturated carbocycles. The molecule has 16 heavy (non-hydrogen) atoms. The Bertz CT molecular complexity index is 377. The van der Waals surface area contributed by atoms with Gasteiger partial charge in [-0.3, -0.25) is 4.79 Å². The summed E-state index contributed by atoms with van der Waals surface area (Å²) in [4.78, 5) is 16.7. The molecule has 2 rings (SSSR count). The first kappa shape index (κ1) is 11.5. The Balaban J connectivity index is 1.96. The molecule has 0 radical (unpaired) electrons. The second-order valence-electron chi connectivity index (χ2n) is 4.29. The van der Waals surface area contributed by atoms with Gasteiger partial charge in [-0.1, -0.05) is 6.92 Å². The van der Waals surface area contributed by atoms with E-state index in [1.165, 1.54) is 11.3 Å². The maximum Gasteiger partial charge on any atom is 0.263 e. The van der Waals surface area contributed by atoms with Gasteiger partial charge >= 0.3 is 0 Å². The van der Waals surface area contributed by atoms with Crippen LogP contribution in [-0.4, -0.2) is 30.0 Å². The zero-order valence-electron chi connectivity index (χ0n) is 9.62. The monoisotopic (exact) mass is 239 g/mol. The standard InChI is InChI=1S/C11H17N3OS/c1-7-3-4-12-5-9(7)14-11(15)10-6-13-8(2)16-10/h6-7,9,12H,3-5H2,1-2H3,(H,14,15). The fourth-order valence-corrected chi connectivity index (χ4v) is 2.57. The minimum atomic E-state index is 0.00569. The topological polar surface area (TPSA) is 54.0 Å². The normalized spacial score (nSPS) is 25.4. The molecule has 2 heterocycles. The number of aromatic nitrogens is 1. The van der Waals surface area contributed by atoms with Crippen LogP contribution in [0.1, 0.15) is 28.0 Å². The Labute approximate surface area is 99.5 Å². The highest BCUT2D eigenvalue weighted by molar-refractivity contribution is 7.13. The maximum absolute atomic E-state index is 11.9. The lowest BCUT2D eigenvalue weighted by molar-refractivity contribution is 0.0919. The van der Waals surface area contributed by atoms with Gasteiger partial charge in [0.1, 0.15) is 4.88 Å². The molecule has 2 N–H and O–H groups in total. The Morgan fingerprint density at radius 2 is 2.50 bits per heavy atom. The lowest BCUT2D eigenvalue weighted by Gasteiger charge is -2.29. The van der Waals surface area contributed by atoms with Gasteiger partial charge in [-0.05, 0) is 25.8 Å². The van der Waals surface area contributed by atoms with Crippen LogP contribution in [0.3, 0.4) is 0 Å². The van der Waals surface area contributed by atoms with Gasteiger partial charge in [0.2, 0.25) is 0 Å². The minimum absolute atomic E-state index is 0.00569. The Kier molecular flexibility index (Phi) is 3.56. The van der Waals surface area contributed by atoms with Crippen molar-refractivity contribution in [2.75, 3.05) is 13.1 Å². The van der Waals surface area contributed by atoms with Crippen LogP contribution in [0.5, 0.6) is 0 Å². The van der Waals surface area contributed by atoms with E-state index in [-0.39, 0.29) is 11.9 Å². The Hall–Kier alpha value is -0.940. The lowest BCUT2D eigenvalue weighted by atomic mass is 9.95. The summed E-state index contributed by atoms with van der Waals surface area (Å²) in [6.45, 7) is 6.01. The summed E-state index contributed by atoms with van der Waals surface area (Å²) in [5.41, 5.74) is 0. The third-order valence-electron chi connectivity index (χ3n) is 2.99. The molecule has 0 spiro atoms. The van der Waals surface area contributed by atoms with E-state index in [2.05, 4.69) is 22.5 Å². The first-order valence-corrected chi connectivity index (χ1v) is 6.42. The highest BCUT2D eigenvalue weighted by Crippen LogP contribution is 2.14. The molecule has 1 aliphatic rings. The number of nitrogens with zero attached hydrogens (tertiary/aromatic N) is 1. The fraction of sp³-hybridized carbons (Fsp3) is 0.636. The fourth-order valence-electron chi connectivity index (χ4n) is 1.89. The van der Waals surface area contributed by atoms with E-state index >= 15 is 0 Å². The van der Waals surface area contributed by atoms with E-state index in [0.29, 0.717) is 10.8 Å². The van der Waals surface area contributed by atoms with E-state index in [1.54, 1.807) is 6.20 Å². The number of aryl methyl sites for hydroxylation is 1. The number of carbonyl (C=O) groups is 1. The van der Waals surface area contributed by atoms with Crippen LogP contribution in [0.4, 0.5) is 0 Å². The van der Waals surface area contributed by atoms with Crippen LogP contribution in [0.2, 0.25) is 0 Å². The van der Waals surface area contributed by atoms with Crippen molar-refractivity contribution in [3.63, 3.8) is 0 Å². The zero-order valence-corrected chi connectivity index (χ0v) is 10.4. The molecular weight excluding hydrogens is 222 g/mol. The van der Waals surface area contributed by atoms with E-state index < -0.39 is 0 Å². The van der Waals surface area contributed by atoms with E-state index in [0.717, 1.165) is 24.5 Å². The molecule has 4 nitrogen and oxygen atoms in total. The third kappa shape index (κ3) is 2.59. The Morgan fingerprint density at radius 1 is 1.69 bits per heavy atom. The highest BCUT2D eigenvalue weighted by Gasteiger charge is 2.23. The van der Waals surface area contributed by atoms with Crippen molar-refractivity contribution in [3.8, 4) is 0 Å². The first-order valence-electron chi connectivity index (χ1n) is 5.61. The molecule has 1 aromatic rings. The summed E-state index contributed by atoms with van der Waals surface area (Å²) in [6.07, 6.45) is 2.77. The molecule has 0 aliphatic carbocycles. The smallest absolute Gasteiger partial charge is 0.263 e. The maximum atomic E-state index is 11.9. The van der Waals surface area contributed by atoms with Gasteiger partial charge in [0.05, 0.1) is 11.2 Å². The van der Waals surface area contributed by atoms with Crippen LogP contribution in [0, 0.1) is 12.8 Å². The molecule has 1 amide bonds. The van der Waals surface area contributed by atoms with Crippen molar-refractivity contribution < 1.29 is 4.79 Å². The highest BCUT2D eigenvalue weighted by atomic mass is 32.1. The van der Waals surface area contributed by atoms with Crippen LogP contribution >= 0.6 is 11.3 Å². The van der Waals surface area contributed by atoms with Gasteiger partial charge in [-0.15, -0.1) is 11.3 Å². The number of nitrogens with one attached hydrogen (secondary N) is 2. The largest absolute Gasteiger partial charge is 0.347 e. The lowest BCUT2D eigenvalue weighted by Crippen LogP contribution is -2.50. The average molecular weight is 239 g/mol. The van der Waals surface area contributed by atoms with Gasteiger partial charge in [0.15, 0.2) is 0 Å². The summed E-state index contributed by atoms with van der Waals surface area (Å²) in [6, 6.07) is 0.239. The van der Waals surface area contributed by atoms with Crippen molar-refractivity contribution in [2.24, 2.45) is 5.92 Å². The SMILES string of the molecule is Cc1ncc(C(=O)NC2CNCCC2C)s1. The van der Waals surface area contributed by atoms with Crippen LogP contribution < -0.4 is 10.6 Å². The summed E-state index contributed by atoms with van der Waals surface area (Å²) >= 11 is 1.44. The van der Waals surface area contributed by atoms with Crippen molar-refractivity contribution >= 4 is 17.2 Å². The molecular formula is C11H17N3OS. The second kappa shape index (κ2) is 4.93. The number of rotatable bonds is 2. The average Bonchev–Trinajstić information content (AvgIpc) is 2.68. The molecule has 88 valence electrons. The number of carbonyl (C=O) groups excluding carboxylic acids is 1. The van der Waals surface area contributed by atoms with E-state index in [4.69, 9.17) is 0 Å². The molecule has 1 aromatic heterocycles. The number of hydrogen-bond donors (Lipinski definition) is 2. The first-order chi connectivity index (χ1) is 7.66. The summed E-state index contributed by atoms with van der Waals surface area (Å²) in [5, 5.41) is 7.30. The number of piperidine rings is 1. The number of amides is 1. The molecule has 1 aliphatic heterocycles. The van der Waals surface area contributed by atoms with Crippen LogP contribution in [0.15, 0.2) is 6.20 Å². The quantitative estimate of drug-likeness (QED) is 0.815. The van der Waals surface area contributed by atoms with Gasteiger partial charge in [-0.25, -0.2) is 4.98 Å². The van der Waals surface area contributed by atoms with Crippen molar-refractivity contribution in [3.05, 3.63) is 16.1 Å². The number of thiazole rings is 1. The summed E-state index contributed by atoms with van der Waals surface area (Å²) in [7, 11) is 0. The van der Waals surface area contributed by atoms with Crippen molar-refractivity contribution in [2.45, 2.75) is 26.3 Å². The molecule has 1 saturated heterocycles. The van der Waals surface area contributed by atoms with Crippen molar-refractivity contribution in [1.29, 1.82) is 0 Å². The summed E-state index contributed by atoms with van der Waals surface area (Å²) in [5.74, 6) is 0.547. The van der Waals surface area contributed by atoms with Gasteiger partial charge in [0, 0.05) is 12.6 Å². The zero-order chi connectivity index (χ0) is 11.5. The van der Waals surface area contributed by atoms with Crippen LogP contribution in [0.25, 0.3) is 0 Å². The molecule has 1 fully saturated rings. The van der Waals surface area contributed by atoms with E-state index in [1.807, 2.05) is 6.92 Å². The molecule has 2 atom stereocenters. The predicted octanol–water partition coefficient (Wildman–Crippen LogP) is 1.18. The van der Waals surface area contributed by atoms with E-state index in [9.17, 15) is 4.79 Å². The van der Waals surface area contributed by atoms with Gasteiger partial charge < -0.3 is 10.6 Å². The molecule has 0 aromatic carbocycles. The molecule has 2 unspecified atom stereocenters. The molecule has 5 heteroatoms. The van der Waals surface area contributed by atoms with Gasteiger partial charge in [-0.2, -0.15) is 0 Å². The Morgan fingerprint density at radius 3 is 3.12 bits per heavy atom. The van der Waals surface area contributed by atoms with Gasteiger partial charge in [0.25, 0.3) is 5.91 Å².